The van der Waals surface area contributed by atoms with Crippen LogP contribution in [0, 0.1) is 17.2 Å². The Bertz CT molecular complexity index is 597. The molecule has 0 fully saturated rings. The van der Waals surface area contributed by atoms with Gasteiger partial charge in [0.25, 0.3) is 0 Å². The fraction of sp³-hybridized carbons (Fsp3) is 0.429. The van der Waals surface area contributed by atoms with E-state index in [1.54, 1.807) is 18.3 Å². The second-order valence-corrected chi connectivity index (χ2v) is 5.08. The standard InChI is InChI=1S/C14H18N4O/c1-9(2)6-16-8-14(19)11-3-10(5-15)4-13-12(11)7-17-18-13/h3-4,7,9,14,16,19H,6,8H2,1-2H3,(H,17,18)/t14-/m0/s1. The number of hydrogen-bond acceptors (Lipinski definition) is 4. The van der Waals surface area contributed by atoms with E-state index in [1.165, 1.54) is 0 Å². The van der Waals surface area contributed by atoms with Gasteiger partial charge in [-0.3, -0.25) is 5.10 Å². The van der Waals surface area contributed by atoms with E-state index in [4.69, 9.17) is 5.26 Å². The van der Waals surface area contributed by atoms with Crippen LogP contribution in [-0.4, -0.2) is 28.4 Å². The van der Waals surface area contributed by atoms with Gasteiger partial charge in [0.05, 0.1) is 29.5 Å². The lowest BCUT2D eigenvalue weighted by atomic mass is 10.0. The fourth-order valence-corrected chi connectivity index (χ4v) is 2.04. The van der Waals surface area contributed by atoms with E-state index in [2.05, 4.69) is 35.4 Å². The number of rotatable bonds is 5. The Hall–Kier alpha value is -1.90. The minimum absolute atomic E-state index is 0.466. The van der Waals surface area contributed by atoms with Crippen molar-refractivity contribution in [2.45, 2.75) is 20.0 Å². The second kappa shape index (κ2) is 5.83. The van der Waals surface area contributed by atoms with Crippen LogP contribution in [0.4, 0.5) is 0 Å². The Kier molecular flexibility index (Phi) is 4.15. The largest absolute Gasteiger partial charge is 0.387 e. The smallest absolute Gasteiger partial charge is 0.0992 e. The summed E-state index contributed by atoms with van der Waals surface area (Å²) < 4.78 is 0. The molecule has 5 nitrogen and oxygen atoms in total. The van der Waals surface area contributed by atoms with Gasteiger partial charge in [0.1, 0.15) is 0 Å². The molecule has 1 atom stereocenters. The van der Waals surface area contributed by atoms with Crippen LogP contribution in [0.3, 0.4) is 0 Å². The van der Waals surface area contributed by atoms with E-state index < -0.39 is 6.10 Å². The van der Waals surface area contributed by atoms with Crippen LogP contribution in [0.2, 0.25) is 0 Å². The first-order chi connectivity index (χ1) is 9.11. The molecule has 0 amide bonds. The van der Waals surface area contributed by atoms with Gasteiger partial charge in [-0.25, -0.2) is 0 Å². The molecular formula is C14H18N4O. The van der Waals surface area contributed by atoms with Gasteiger partial charge < -0.3 is 10.4 Å². The third-order valence-electron chi connectivity index (χ3n) is 2.97. The van der Waals surface area contributed by atoms with Gasteiger partial charge in [-0.05, 0) is 30.2 Å². The van der Waals surface area contributed by atoms with E-state index in [0.29, 0.717) is 18.0 Å². The Morgan fingerprint density at radius 2 is 2.21 bits per heavy atom. The number of H-pyrrole nitrogens is 1. The lowest BCUT2D eigenvalue weighted by Gasteiger charge is -2.14. The lowest BCUT2D eigenvalue weighted by molar-refractivity contribution is 0.175. The number of aromatic nitrogens is 2. The highest BCUT2D eigenvalue weighted by atomic mass is 16.3. The minimum atomic E-state index is -0.646. The van der Waals surface area contributed by atoms with Gasteiger partial charge in [-0.1, -0.05) is 13.8 Å². The summed E-state index contributed by atoms with van der Waals surface area (Å²) in [5.74, 6) is 0.534. The molecule has 0 radical (unpaired) electrons. The van der Waals surface area contributed by atoms with Crippen molar-refractivity contribution in [2.24, 2.45) is 5.92 Å². The maximum atomic E-state index is 10.3. The molecule has 0 saturated heterocycles. The molecule has 19 heavy (non-hydrogen) atoms. The maximum Gasteiger partial charge on any atom is 0.0992 e. The van der Waals surface area contributed by atoms with Crippen molar-refractivity contribution in [2.75, 3.05) is 13.1 Å². The van der Waals surface area contributed by atoms with Crippen molar-refractivity contribution >= 4 is 10.9 Å². The molecule has 1 aromatic heterocycles. The highest BCUT2D eigenvalue weighted by Crippen LogP contribution is 2.24. The molecule has 2 rings (SSSR count). The summed E-state index contributed by atoms with van der Waals surface area (Å²) in [6.07, 6.45) is 1.03. The summed E-state index contributed by atoms with van der Waals surface area (Å²) in [7, 11) is 0. The van der Waals surface area contributed by atoms with Gasteiger partial charge >= 0.3 is 0 Å². The Labute approximate surface area is 112 Å². The molecule has 5 heteroatoms. The van der Waals surface area contributed by atoms with Gasteiger partial charge in [0.2, 0.25) is 0 Å². The van der Waals surface area contributed by atoms with Gasteiger partial charge in [-0.2, -0.15) is 10.4 Å². The van der Waals surface area contributed by atoms with Gasteiger partial charge in [0, 0.05) is 11.9 Å². The normalized spacial score (nSPS) is 12.8. The predicted octanol–water partition coefficient (Wildman–Crippen LogP) is 1.71. The number of nitriles is 1. The molecular weight excluding hydrogens is 240 g/mol. The summed E-state index contributed by atoms with van der Waals surface area (Å²) in [6, 6.07) is 5.56. The van der Waals surface area contributed by atoms with Crippen LogP contribution < -0.4 is 5.32 Å². The van der Waals surface area contributed by atoms with Crippen LogP contribution in [-0.2, 0) is 0 Å². The van der Waals surface area contributed by atoms with Crippen molar-refractivity contribution in [1.29, 1.82) is 5.26 Å². The maximum absolute atomic E-state index is 10.3. The number of aromatic amines is 1. The zero-order valence-electron chi connectivity index (χ0n) is 11.1. The van der Waals surface area contributed by atoms with Gasteiger partial charge in [-0.15, -0.1) is 0 Å². The molecule has 1 heterocycles. The van der Waals surface area contributed by atoms with E-state index in [9.17, 15) is 5.11 Å². The SMILES string of the molecule is CC(C)CNC[C@H](O)c1cc(C#N)cc2[nH]ncc12. The zero-order valence-corrected chi connectivity index (χ0v) is 11.1. The molecule has 0 aliphatic heterocycles. The summed E-state index contributed by atoms with van der Waals surface area (Å²) in [5.41, 5.74) is 2.03. The number of aliphatic hydroxyl groups is 1. The number of aliphatic hydroxyl groups excluding tert-OH is 1. The van der Waals surface area contributed by atoms with Crippen LogP contribution in [0.5, 0.6) is 0 Å². The van der Waals surface area contributed by atoms with Crippen LogP contribution in [0.1, 0.15) is 31.1 Å². The van der Waals surface area contributed by atoms with Crippen molar-refractivity contribution < 1.29 is 5.11 Å². The first-order valence-electron chi connectivity index (χ1n) is 6.37. The van der Waals surface area contributed by atoms with Crippen LogP contribution in [0.15, 0.2) is 18.3 Å². The van der Waals surface area contributed by atoms with E-state index in [-0.39, 0.29) is 0 Å². The predicted molar refractivity (Wildman–Crippen MR) is 73.5 cm³/mol. The summed E-state index contributed by atoms with van der Waals surface area (Å²) >= 11 is 0. The van der Waals surface area contributed by atoms with E-state index in [1.807, 2.05) is 0 Å². The molecule has 0 aliphatic carbocycles. The molecule has 0 aliphatic rings. The highest BCUT2D eigenvalue weighted by Gasteiger charge is 2.14. The number of nitrogens with one attached hydrogen (secondary N) is 2. The molecule has 0 unspecified atom stereocenters. The Balaban J connectivity index is 2.23. The topological polar surface area (TPSA) is 84.7 Å². The molecule has 3 N–H and O–H groups in total. The first-order valence-corrected chi connectivity index (χ1v) is 6.37. The molecule has 0 saturated carbocycles. The molecule has 0 bridgehead atoms. The van der Waals surface area contributed by atoms with Crippen molar-refractivity contribution in [3.8, 4) is 6.07 Å². The number of benzene rings is 1. The van der Waals surface area contributed by atoms with Crippen molar-refractivity contribution in [3.63, 3.8) is 0 Å². The third kappa shape index (κ3) is 3.11. The Morgan fingerprint density at radius 3 is 2.89 bits per heavy atom. The summed E-state index contributed by atoms with van der Waals surface area (Å²) in [5, 5.41) is 30.1. The van der Waals surface area contributed by atoms with Gasteiger partial charge in [0.15, 0.2) is 0 Å². The van der Waals surface area contributed by atoms with E-state index >= 15 is 0 Å². The Morgan fingerprint density at radius 1 is 1.42 bits per heavy atom. The first kappa shape index (κ1) is 13.5. The number of hydrogen-bond donors (Lipinski definition) is 3. The molecule has 100 valence electrons. The molecule has 2 aromatic rings. The zero-order chi connectivity index (χ0) is 13.8. The minimum Gasteiger partial charge on any atom is -0.387 e. The number of nitrogens with zero attached hydrogens (tertiary/aromatic N) is 2. The summed E-state index contributed by atoms with van der Waals surface area (Å²) in [6.45, 7) is 5.55. The molecule has 0 spiro atoms. The average Bonchev–Trinajstić information content (AvgIpc) is 2.84. The van der Waals surface area contributed by atoms with Crippen LogP contribution >= 0.6 is 0 Å². The van der Waals surface area contributed by atoms with Crippen LogP contribution in [0.25, 0.3) is 10.9 Å². The third-order valence-corrected chi connectivity index (χ3v) is 2.97. The summed E-state index contributed by atoms with van der Waals surface area (Å²) in [4.78, 5) is 0. The fourth-order valence-electron chi connectivity index (χ4n) is 2.04. The van der Waals surface area contributed by atoms with E-state index in [0.717, 1.165) is 23.0 Å². The van der Waals surface area contributed by atoms with Crippen molar-refractivity contribution in [1.82, 2.24) is 15.5 Å². The average molecular weight is 258 g/mol. The monoisotopic (exact) mass is 258 g/mol. The quantitative estimate of drug-likeness (QED) is 0.762. The lowest BCUT2D eigenvalue weighted by Crippen LogP contribution is -2.25. The number of fused-ring (bicyclic) bond motifs is 1. The molecule has 1 aromatic carbocycles. The highest BCUT2D eigenvalue weighted by molar-refractivity contribution is 5.83. The second-order valence-electron chi connectivity index (χ2n) is 5.08. The van der Waals surface area contributed by atoms with Crippen molar-refractivity contribution in [3.05, 3.63) is 29.5 Å².